The largest absolute Gasteiger partial charge is 0.308 e. The molecule has 1 N–H and O–H groups in total. The molecule has 0 saturated carbocycles. The molecule has 17 heavy (non-hydrogen) atoms. The first kappa shape index (κ1) is 9.65. The molecule has 0 aliphatic heterocycles. The molecule has 0 fully saturated rings. The van der Waals surface area contributed by atoms with Crippen LogP contribution in [0.25, 0.3) is 10.9 Å². The maximum atomic E-state index is 4.20. The Hall–Kier alpha value is -2.56. The number of fused-ring (bicyclic) bond motifs is 1. The van der Waals surface area contributed by atoms with Crippen LogP contribution in [0.15, 0.2) is 49.1 Å². The quantitative estimate of drug-likeness (QED) is 0.721. The van der Waals surface area contributed by atoms with Crippen molar-refractivity contribution >= 4 is 22.7 Å². The summed E-state index contributed by atoms with van der Waals surface area (Å²) in [7, 11) is 0. The average Bonchev–Trinajstić information content (AvgIpc) is 2.40. The molecule has 0 unspecified atom stereocenters. The van der Waals surface area contributed by atoms with E-state index in [1.165, 1.54) is 6.33 Å². The monoisotopic (exact) mass is 223 g/mol. The van der Waals surface area contributed by atoms with Gasteiger partial charge < -0.3 is 5.32 Å². The summed E-state index contributed by atoms with van der Waals surface area (Å²) < 4.78 is 0. The minimum Gasteiger partial charge on any atom is -0.308 e. The molecule has 0 aliphatic carbocycles. The van der Waals surface area contributed by atoms with Crippen LogP contribution in [0.1, 0.15) is 0 Å². The van der Waals surface area contributed by atoms with Gasteiger partial charge in [0.2, 0.25) is 5.95 Å². The first-order chi connectivity index (χ1) is 8.43. The topological polar surface area (TPSA) is 63.6 Å². The van der Waals surface area contributed by atoms with E-state index in [0.29, 0.717) is 11.8 Å². The van der Waals surface area contributed by atoms with Crippen LogP contribution < -0.4 is 5.32 Å². The van der Waals surface area contributed by atoms with Gasteiger partial charge in [-0.2, -0.15) is 0 Å². The Bertz CT molecular complexity index is 633. The summed E-state index contributed by atoms with van der Waals surface area (Å²) in [5.41, 5.74) is 0.890. The van der Waals surface area contributed by atoms with Crippen LogP contribution in [0.5, 0.6) is 0 Å². The third-order valence-corrected chi connectivity index (χ3v) is 2.34. The zero-order valence-electron chi connectivity index (χ0n) is 8.91. The summed E-state index contributed by atoms with van der Waals surface area (Å²) in [6, 6.07) is 9.55. The lowest BCUT2D eigenvalue weighted by atomic mass is 10.2. The number of hydrogen-bond donors (Lipinski definition) is 1. The Morgan fingerprint density at radius 1 is 0.824 bits per heavy atom. The van der Waals surface area contributed by atoms with Crippen LogP contribution in [0, 0.1) is 0 Å². The fraction of sp³-hybridized carbons (Fsp3) is 0. The Balaban J connectivity index is 2.06. The summed E-state index contributed by atoms with van der Waals surface area (Å²) >= 11 is 0. The fourth-order valence-electron chi connectivity index (χ4n) is 1.57. The van der Waals surface area contributed by atoms with E-state index in [9.17, 15) is 0 Å². The van der Waals surface area contributed by atoms with Gasteiger partial charge in [0.1, 0.15) is 12.1 Å². The van der Waals surface area contributed by atoms with Crippen molar-refractivity contribution in [2.45, 2.75) is 0 Å². The van der Waals surface area contributed by atoms with Crippen molar-refractivity contribution in [3.05, 3.63) is 49.1 Å². The molecule has 2 aromatic heterocycles. The van der Waals surface area contributed by atoms with Gasteiger partial charge in [0, 0.05) is 17.8 Å². The van der Waals surface area contributed by atoms with Gasteiger partial charge in [-0.05, 0) is 18.2 Å². The second-order valence-corrected chi connectivity index (χ2v) is 3.44. The van der Waals surface area contributed by atoms with Gasteiger partial charge in [-0.25, -0.2) is 19.9 Å². The number of rotatable bonds is 2. The average molecular weight is 223 g/mol. The van der Waals surface area contributed by atoms with E-state index in [2.05, 4.69) is 25.3 Å². The fourth-order valence-corrected chi connectivity index (χ4v) is 1.57. The summed E-state index contributed by atoms with van der Waals surface area (Å²) in [5, 5.41) is 4.02. The molecule has 0 saturated heterocycles. The van der Waals surface area contributed by atoms with E-state index in [1.54, 1.807) is 18.5 Å². The van der Waals surface area contributed by atoms with Crippen LogP contribution in [-0.4, -0.2) is 19.9 Å². The van der Waals surface area contributed by atoms with Gasteiger partial charge >= 0.3 is 0 Å². The number of anilines is 2. The first-order valence-electron chi connectivity index (χ1n) is 5.17. The van der Waals surface area contributed by atoms with E-state index in [1.807, 2.05) is 24.3 Å². The normalized spacial score (nSPS) is 10.4. The van der Waals surface area contributed by atoms with Crippen LogP contribution >= 0.6 is 0 Å². The van der Waals surface area contributed by atoms with Gasteiger partial charge in [0.25, 0.3) is 0 Å². The zero-order chi connectivity index (χ0) is 11.5. The second kappa shape index (κ2) is 4.13. The van der Waals surface area contributed by atoms with Crippen molar-refractivity contribution in [1.82, 2.24) is 19.9 Å². The summed E-state index contributed by atoms with van der Waals surface area (Å²) in [5.74, 6) is 1.23. The molecule has 5 nitrogen and oxygen atoms in total. The molecule has 0 atom stereocenters. The predicted octanol–water partition coefficient (Wildman–Crippen LogP) is 2.16. The van der Waals surface area contributed by atoms with Crippen molar-refractivity contribution in [2.24, 2.45) is 0 Å². The van der Waals surface area contributed by atoms with Gasteiger partial charge in [-0.1, -0.05) is 12.1 Å². The highest BCUT2D eigenvalue weighted by Gasteiger charge is 2.03. The molecule has 0 amide bonds. The molecular formula is C12H9N5. The third kappa shape index (κ3) is 1.90. The molecule has 0 aliphatic rings. The number of hydrogen-bond acceptors (Lipinski definition) is 5. The highest BCUT2D eigenvalue weighted by Crippen LogP contribution is 2.20. The van der Waals surface area contributed by atoms with Crippen molar-refractivity contribution in [3.8, 4) is 0 Å². The number of nitrogens with zero attached hydrogens (tertiary/aromatic N) is 4. The summed E-state index contributed by atoms with van der Waals surface area (Å²) in [6.45, 7) is 0. The minimum absolute atomic E-state index is 0.524. The van der Waals surface area contributed by atoms with Gasteiger partial charge in [-0.3, -0.25) is 0 Å². The van der Waals surface area contributed by atoms with Gasteiger partial charge in [-0.15, -0.1) is 0 Å². The van der Waals surface area contributed by atoms with Crippen molar-refractivity contribution in [3.63, 3.8) is 0 Å². The number of para-hydroxylation sites is 1. The molecule has 0 spiro atoms. The smallest absolute Gasteiger partial charge is 0.228 e. The molecule has 2 heterocycles. The number of nitrogens with one attached hydrogen (secondary N) is 1. The molecule has 0 radical (unpaired) electrons. The van der Waals surface area contributed by atoms with E-state index >= 15 is 0 Å². The van der Waals surface area contributed by atoms with E-state index in [0.717, 1.165) is 10.9 Å². The van der Waals surface area contributed by atoms with Gasteiger partial charge in [0.05, 0.1) is 5.52 Å². The number of aromatic nitrogens is 4. The lowest BCUT2D eigenvalue weighted by molar-refractivity contribution is 1.14. The second-order valence-electron chi connectivity index (χ2n) is 3.44. The third-order valence-electron chi connectivity index (χ3n) is 2.34. The first-order valence-corrected chi connectivity index (χ1v) is 5.17. The van der Waals surface area contributed by atoms with E-state index < -0.39 is 0 Å². The number of benzene rings is 1. The maximum absolute atomic E-state index is 4.20. The molecule has 1 aromatic carbocycles. The van der Waals surface area contributed by atoms with Crippen molar-refractivity contribution < 1.29 is 0 Å². The highest BCUT2D eigenvalue weighted by atomic mass is 15.1. The van der Waals surface area contributed by atoms with Crippen LogP contribution in [0.3, 0.4) is 0 Å². The summed E-state index contributed by atoms with van der Waals surface area (Å²) in [6.07, 6.45) is 4.88. The van der Waals surface area contributed by atoms with E-state index in [4.69, 9.17) is 0 Å². The lowest BCUT2D eigenvalue weighted by Gasteiger charge is -2.05. The Morgan fingerprint density at radius 3 is 2.53 bits per heavy atom. The summed E-state index contributed by atoms with van der Waals surface area (Å²) in [4.78, 5) is 16.6. The standard InChI is InChI=1S/C12H9N5/c1-2-5-10-9(4-1)11(16-8-15-10)17-12-13-6-3-7-14-12/h1-8H,(H,13,14,15,16,17). The van der Waals surface area contributed by atoms with Crippen molar-refractivity contribution in [2.75, 3.05) is 5.32 Å². The molecule has 5 heteroatoms. The zero-order valence-corrected chi connectivity index (χ0v) is 8.91. The minimum atomic E-state index is 0.524. The lowest BCUT2D eigenvalue weighted by Crippen LogP contribution is -1.99. The van der Waals surface area contributed by atoms with Crippen LogP contribution in [0.4, 0.5) is 11.8 Å². The Labute approximate surface area is 97.6 Å². The van der Waals surface area contributed by atoms with Crippen LogP contribution in [-0.2, 0) is 0 Å². The van der Waals surface area contributed by atoms with Crippen molar-refractivity contribution in [1.29, 1.82) is 0 Å². The molecule has 82 valence electrons. The molecule has 3 rings (SSSR count). The maximum Gasteiger partial charge on any atom is 0.228 e. The van der Waals surface area contributed by atoms with Gasteiger partial charge in [0.15, 0.2) is 0 Å². The van der Waals surface area contributed by atoms with E-state index in [-0.39, 0.29) is 0 Å². The highest BCUT2D eigenvalue weighted by molar-refractivity contribution is 5.89. The predicted molar refractivity (Wildman–Crippen MR) is 64.9 cm³/mol. The molecular weight excluding hydrogens is 214 g/mol. The SMILES string of the molecule is c1cnc(Nc2ncnc3ccccc23)nc1. The molecule has 3 aromatic rings. The van der Waals surface area contributed by atoms with Crippen LogP contribution in [0.2, 0.25) is 0 Å². The Kier molecular flexibility index (Phi) is 2.34. The Morgan fingerprint density at radius 2 is 1.65 bits per heavy atom. The molecule has 0 bridgehead atoms.